The van der Waals surface area contributed by atoms with Gasteiger partial charge in [-0.05, 0) is 18.2 Å². The van der Waals surface area contributed by atoms with Crippen LogP contribution in [0.2, 0.25) is 0 Å². The molecule has 8 heteroatoms. The number of nitro groups is 1. The summed E-state index contributed by atoms with van der Waals surface area (Å²) in [5.74, 6) is -1.38. The molecule has 0 aliphatic heterocycles. The summed E-state index contributed by atoms with van der Waals surface area (Å²) in [5.41, 5.74) is -0.671. The largest absolute Gasteiger partial charge is 0.477 e. The predicted molar refractivity (Wildman–Crippen MR) is 81.0 cm³/mol. The van der Waals surface area contributed by atoms with Crippen molar-refractivity contribution in [1.29, 1.82) is 0 Å². The summed E-state index contributed by atoms with van der Waals surface area (Å²) in [6.07, 6.45) is 2.58. The van der Waals surface area contributed by atoms with Crippen LogP contribution < -0.4 is 5.43 Å². The maximum absolute atomic E-state index is 12.2. The topological polar surface area (TPSA) is 115 Å². The minimum absolute atomic E-state index is 0.124. The Kier molecular flexibility index (Phi) is 3.34. The second kappa shape index (κ2) is 5.34. The Labute approximate surface area is 128 Å². The fourth-order valence-electron chi connectivity index (χ4n) is 2.27. The van der Waals surface area contributed by atoms with Crippen LogP contribution in [0.5, 0.6) is 0 Å². The molecule has 0 unspecified atom stereocenters. The molecular weight excluding hydrogens is 302 g/mol. The van der Waals surface area contributed by atoms with E-state index in [1.165, 1.54) is 41.1 Å². The minimum atomic E-state index is -1.38. The molecule has 0 aliphatic rings. The molecule has 3 aromatic rings. The SMILES string of the molecule is O=C(O)c1cn(-c2cccc([N+](=O)[O-])c2)c2ncccc2c1=O. The van der Waals surface area contributed by atoms with Gasteiger partial charge in [0.15, 0.2) is 0 Å². The van der Waals surface area contributed by atoms with Gasteiger partial charge in [-0.2, -0.15) is 0 Å². The van der Waals surface area contributed by atoms with Gasteiger partial charge >= 0.3 is 5.97 Å². The van der Waals surface area contributed by atoms with E-state index in [1.54, 1.807) is 6.07 Å². The molecule has 0 bridgehead atoms. The lowest BCUT2D eigenvalue weighted by atomic mass is 10.2. The van der Waals surface area contributed by atoms with E-state index in [4.69, 9.17) is 0 Å². The van der Waals surface area contributed by atoms with Gasteiger partial charge in [-0.15, -0.1) is 0 Å². The van der Waals surface area contributed by atoms with Gasteiger partial charge in [-0.25, -0.2) is 9.78 Å². The van der Waals surface area contributed by atoms with Crippen molar-refractivity contribution < 1.29 is 14.8 Å². The maximum atomic E-state index is 12.2. The van der Waals surface area contributed by atoms with Crippen LogP contribution in [0.4, 0.5) is 5.69 Å². The zero-order valence-electron chi connectivity index (χ0n) is 11.5. The molecule has 0 aliphatic carbocycles. The van der Waals surface area contributed by atoms with Gasteiger partial charge in [-0.1, -0.05) is 6.07 Å². The van der Waals surface area contributed by atoms with Crippen molar-refractivity contribution in [1.82, 2.24) is 9.55 Å². The summed E-state index contributed by atoms with van der Waals surface area (Å²) in [5, 5.41) is 20.2. The number of carboxylic acid groups (broad SMARTS) is 1. The highest BCUT2D eigenvalue weighted by atomic mass is 16.6. The van der Waals surface area contributed by atoms with Crippen LogP contribution >= 0.6 is 0 Å². The van der Waals surface area contributed by atoms with Crippen LogP contribution in [-0.2, 0) is 0 Å². The number of benzene rings is 1. The number of hydrogen-bond donors (Lipinski definition) is 1. The van der Waals surface area contributed by atoms with Crippen LogP contribution in [-0.4, -0.2) is 25.6 Å². The zero-order chi connectivity index (χ0) is 16.6. The summed E-state index contributed by atoms with van der Waals surface area (Å²) < 4.78 is 1.35. The van der Waals surface area contributed by atoms with Gasteiger partial charge in [0.05, 0.1) is 16.0 Å². The Hall–Kier alpha value is -3.55. The van der Waals surface area contributed by atoms with Crippen molar-refractivity contribution in [3.05, 3.63) is 74.7 Å². The number of nitro benzene ring substituents is 1. The molecule has 8 nitrogen and oxygen atoms in total. The molecule has 1 aromatic carbocycles. The van der Waals surface area contributed by atoms with Gasteiger partial charge in [0.2, 0.25) is 5.43 Å². The average Bonchev–Trinajstić information content (AvgIpc) is 2.55. The lowest BCUT2D eigenvalue weighted by Gasteiger charge is -2.11. The number of aromatic carboxylic acids is 1. The summed E-state index contributed by atoms with van der Waals surface area (Å²) in [6, 6.07) is 8.63. The molecule has 3 rings (SSSR count). The zero-order valence-corrected chi connectivity index (χ0v) is 11.5. The molecule has 0 radical (unpaired) electrons. The van der Waals surface area contributed by atoms with Crippen LogP contribution in [0.15, 0.2) is 53.6 Å². The standard InChI is InChI=1S/C15H9N3O5/c19-13-11-5-2-6-16-14(11)17(8-12(13)15(20)21)9-3-1-4-10(7-9)18(22)23/h1-8H,(H,20,21). The molecule has 1 N–H and O–H groups in total. The smallest absolute Gasteiger partial charge is 0.341 e. The van der Waals surface area contributed by atoms with Gasteiger partial charge in [0.25, 0.3) is 5.69 Å². The second-order valence-electron chi connectivity index (χ2n) is 4.70. The van der Waals surface area contributed by atoms with Crippen molar-refractivity contribution in [2.45, 2.75) is 0 Å². The maximum Gasteiger partial charge on any atom is 0.341 e. The van der Waals surface area contributed by atoms with Crippen molar-refractivity contribution >= 4 is 22.7 Å². The lowest BCUT2D eigenvalue weighted by molar-refractivity contribution is -0.384. The van der Waals surface area contributed by atoms with Crippen LogP contribution in [0.3, 0.4) is 0 Å². The fraction of sp³-hybridized carbons (Fsp3) is 0. The van der Waals surface area contributed by atoms with E-state index in [-0.39, 0.29) is 16.7 Å². The Morgan fingerprint density at radius 1 is 1.26 bits per heavy atom. The van der Waals surface area contributed by atoms with E-state index in [2.05, 4.69) is 4.98 Å². The quantitative estimate of drug-likeness (QED) is 0.584. The molecule has 0 saturated carbocycles. The lowest BCUT2D eigenvalue weighted by Crippen LogP contribution is -2.18. The van der Waals surface area contributed by atoms with Crippen molar-refractivity contribution in [2.75, 3.05) is 0 Å². The number of aromatic nitrogens is 2. The first-order valence-electron chi connectivity index (χ1n) is 6.47. The number of pyridine rings is 2. The summed E-state index contributed by atoms with van der Waals surface area (Å²) in [4.78, 5) is 37.9. The van der Waals surface area contributed by atoms with Gasteiger partial charge in [0.1, 0.15) is 11.2 Å². The Morgan fingerprint density at radius 2 is 2.04 bits per heavy atom. The molecular formula is C15H9N3O5. The third kappa shape index (κ3) is 2.42. The first-order chi connectivity index (χ1) is 11.0. The predicted octanol–water partition coefficient (Wildman–Crippen LogP) is 1.99. The Balaban J connectivity index is 2.39. The van der Waals surface area contributed by atoms with Gasteiger partial charge in [-0.3, -0.25) is 19.5 Å². The van der Waals surface area contributed by atoms with E-state index in [1.807, 2.05) is 0 Å². The highest BCUT2D eigenvalue weighted by Crippen LogP contribution is 2.20. The summed E-state index contributed by atoms with van der Waals surface area (Å²) in [7, 11) is 0. The van der Waals surface area contributed by atoms with Crippen LogP contribution in [0.1, 0.15) is 10.4 Å². The van der Waals surface area contributed by atoms with Crippen molar-refractivity contribution in [3.63, 3.8) is 0 Å². The molecule has 114 valence electrons. The number of fused-ring (bicyclic) bond motifs is 1. The first kappa shape index (κ1) is 14.4. The molecule has 0 amide bonds. The van der Waals surface area contributed by atoms with E-state index < -0.39 is 21.9 Å². The minimum Gasteiger partial charge on any atom is -0.477 e. The number of carboxylic acids is 1. The van der Waals surface area contributed by atoms with Crippen molar-refractivity contribution in [2.24, 2.45) is 0 Å². The molecule has 0 atom stereocenters. The number of nitrogens with zero attached hydrogens (tertiary/aromatic N) is 3. The molecule has 2 aromatic heterocycles. The van der Waals surface area contributed by atoms with E-state index in [0.717, 1.165) is 6.20 Å². The average molecular weight is 311 g/mol. The van der Waals surface area contributed by atoms with Gasteiger partial charge in [0, 0.05) is 24.5 Å². The Morgan fingerprint density at radius 3 is 2.74 bits per heavy atom. The number of rotatable bonds is 3. The van der Waals surface area contributed by atoms with Crippen LogP contribution in [0.25, 0.3) is 16.7 Å². The highest BCUT2D eigenvalue weighted by Gasteiger charge is 2.16. The molecule has 0 fully saturated rings. The van der Waals surface area contributed by atoms with Crippen molar-refractivity contribution in [3.8, 4) is 5.69 Å². The first-order valence-corrected chi connectivity index (χ1v) is 6.47. The molecule has 0 saturated heterocycles. The number of non-ortho nitro benzene ring substituents is 1. The number of hydrogen-bond acceptors (Lipinski definition) is 5. The fourth-order valence-corrected chi connectivity index (χ4v) is 2.27. The van der Waals surface area contributed by atoms with E-state index in [9.17, 15) is 24.8 Å². The molecule has 23 heavy (non-hydrogen) atoms. The summed E-state index contributed by atoms with van der Waals surface area (Å²) in [6.45, 7) is 0. The number of carbonyl (C=O) groups is 1. The normalized spacial score (nSPS) is 10.6. The molecule has 2 heterocycles. The van der Waals surface area contributed by atoms with Gasteiger partial charge < -0.3 is 5.11 Å². The Bertz CT molecular complexity index is 1010. The summed E-state index contributed by atoms with van der Waals surface area (Å²) >= 11 is 0. The highest BCUT2D eigenvalue weighted by molar-refractivity contribution is 5.92. The monoisotopic (exact) mass is 311 g/mol. The van der Waals surface area contributed by atoms with E-state index in [0.29, 0.717) is 5.69 Å². The third-order valence-electron chi connectivity index (χ3n) is 3.31. The molecule has 0 spiro atoms. The van der Waals surface area contributed by atoms with Crippen LogP contribution in [0, 0.1) is 10.1 Å². The van der Waals surface area contributed by atoms with E-state index >= 15 is 0 Å². The second-order valence-corrected chi connectivity index (χ2v) is 4.70. The third-order valence-corrected chi connectivity index (χ3v) is 3.31.